The molecule has 1 N–H and O–H groups in total. The van der Waals surface area contributed by atoms with E-state index in [4.69, 9.17) is 4.74 Å². The molecule has 0 aromatic heterocycles. The van der Waals surface area contributed by atoms with Crippen LogP contribution in [0.3, 0.4) is 0 Å². The van der Waals surface area contributed by atoms with Gasteiger partial charge in [-0.15, -0.1) is 0 Å². The fraction of sp³-hybridized carbons (Fsp3) is 0.938. The van der Waals surface area contributed by atoms with Crippen molar-refractivity contribution in [1.29, 1.82) is 0 Å². The predicted octanol–water partition coefficient (Wildman–Crippen LogP) is 1.19. The Morgan fingerprint density at radius 3 is 2.00 bits per heavy atom. The van der Waals surface area contributed by atoms with E-state index in [9.17, 15) is 4.79 Å². The fourth-order valence-electron chi connectivity index (χ4n) is 2.77. The number of carbonyl (C=O) groups is 1. The maximum Gasteiger partial charge on any atom is 0.324 e. The molecule has 1 saturated heterocycles. The van der Waals surface area contributed by atoms with E-state index in [0.717, 1.165) is 32.7 Å². The Hall–Kier alpha value is -0.650. The highest BCUT2D eigenvalue weighted by atomic mass is 16.5. The van der Waals surface area contributed by atoms with Crippen LogP contribution in [0, 0.1) is 5.92 Å². The monoisotopic (exact) mass is 299 g/mol. The van der Waals surface area contributed by atoms with Crippen LogP contribution in [0.5, 0.6) is 0 Å². The molecule has 0 radical (unpaired) electrons. The highest BCUT2D eigenvalue weighted by molar-refractivity contribution is 5.76. The molecule has 5 nitrogen and oxygen atoms in total. The molecule has 1 aliphatic heterocycles. The Morgan fingerprint density at radius 2 is 1.57 bits per heavy atom. The molecular formula is C16H33N3O2. The van der Waals surface area contributed by atoms with E-state index in [0.29, 0.717) is 12.5 Å². The van der Waals surface area contributed by atoms with Gasteiger partial charge in [0.25, 0.3) is 0 Å². The van der Waals surface area contributed by atoms with Gasteiger partial charge in [-0.25, -0.2) is 0 Å². The maximum absolute atomic E-state index is 12.0. The fourth-order valence-corrected chi connectivity index (χ4v) is 2.77. The summed E-state index contributed by atoms with van der Waals surface area (Å²) in [7, 11) is 0. The zero-order valence-electron chi connectivity index (χ0n) is 14.4. The summed E-state index contributed by atoms with van der Waals surface area (Å²) in [5.41, 5.74) is 0. The van der Waals surface area contributed by atoms with Crippen molar-refractivity contribution in [2.24, 2.45) is 5.92 Å². The van der Waals surface area contributed by atoms with Gasteiger partial charge in [0.15, 0.2) is 0 Å². The van der Waals surface area contributed by atoms with Gasteiger partial charge in [-0.2, -0.15) is 0 Å². The molecule has 0 aromatic carbocycles. The predicted molar refractivity (Wildman–Crippen MR) is 86.4 cm³/mol. The van der Waals surface area contributed by atoms with E-state index in [1.807, 2.05) is 6.92 Å². The van der Waals surface area contributed by atoms with E-state index in [2.05, 4.69) is 42.8 Å². The first-order valence-corrected chi connectivity index (χ1v) is 8.29. The van der Waals surface area contributed by atoms with Crippen molar-refractivity contribution in [1.82, 2.24) is 15.1 Å². The number of hydrogen-bond acceptors (Lipinski definition) is 5. The highest BCUT2D eigenvalue weighted by Crippen LogP contribution is 2.07. The van der Waals surface area contributed by atoms with E-state index in [-0.39, 0.29) is 18.1 Å². The zero-order chi connectivity index (χ0) is 15.8. The average molecular weight is 299 g/mol. The lowest BCUT2D eigenvalue weighted by Gasteiger charge is -2.37. The highest BCUT2D eigenvalue weighted by Gasteiger charge is 2.25. The molecule has 1 rings (SSSR count). The third-order valence-electron chi connectivity index (χ3n) is 3.63. The molecule has 0 saturated carbocycles. The second-order valence-electron chi connectivity index (χ2n) is 6.62. The average Bonchev–Trinajstić information content (AvgIpc) is 2.39. The van der Waals surface area contributed by atoms with Crippen LogP contribution < -0.4 is 5.32 Å². The van der Waals surface area contributed by atoms with Crippen LogP contribution in [-0.4, -0.2) is 73.7 Å². The van der Waals surface area contributed by atoms with E-state index in [1.165, 1.54) is 6.54 Å². The summed E-state index contributed by atoms with van der Waals surface area (Å²) in [6, 6.07) is 0.0586. The summed E-state index contributed by atoms with van der Waals surface area (Å²) in [5.74, 6) is 0.585. The molecule has 1 heterocycles. The van der Waals surface area contributed by atoms with Crippen LogP contribution in [-0.2, 0) is 9.53 Å². The molecule has 5 heteroatoms. The SMILES string of the molecule is CCOC(=O)C(CN1CCN(CC(C)C)CC1)NC(C)C. The zero-order valence-corrected chi connectivity index (χ0v) is 14.4. The van der Waals surface area contributed by atoms with Crippen molar-refractivity contribution < 1.29 is 9.53 Å². The molecular weight excluding hydrogens is 266 g/mol. The molecule has 1 unspecified atom stereocenters. The Kier molecular flexibility index (Phi) is 8.22. The summed E-state index contributed by atoms with van der Waals surface area (Å²) in [4.78, 5) is 16.9. The van der Waals surface area contributed by atoms with Crippen LogP contribution in [0.2, 0.25) is 0 Å². The van der Waals surface area contributed by atoms with Gasteiger partial charge in [-0.3, -0.25) is 9.69 Å². The Balaban J connectivity index is 2.43. The van der Waals surface area contributed by atoms with E-state index in [1.54, 1.807) is 0 Å². The second-order valence-corrected chi connectivity index (χ2v) is 6.62. The molecule has 1 atom stereocenters. The number of carbonyl (C=O) groups excluding carboxylic acids is 1. The Labute approximate surface area is 130 Å². The van der Waals surface area contributed by atoms with Crippen LogP contribution in [0.4, 0.5) is 0 Å². The van der Waals surface area contributed by atoms with Gasteiger partial charge in [0, 0.05) is 45.3 Å². The van der Waals surface area contributed by atoms with Gasteiger partial charge in [0.05, 0.1) is 6.61 Å². The van der Waals surface area contributed by atoms with Crippen LogP contribution >= 0.6 is 0 Å². The molecule has 1 fully saturated rings. The molecule has 0 aliphatic carbocycles. The molecule has 0 aromatic rings. The minimum atomic E-state index is -0.221. The minimum Gasteiger partial charge on any atom is -0.465 e. The number of rotatable bonds is 8. The van der Waals surface area contributed by atoms with Gasteiger partial charge >= 0.3 is 5.97 Å². The standard InChI is InChI=1S/C16H33N3O2/c1-6-21-16(20)15(17-14(4)5)12-19-9-7-18(8-10-19)11-13(2)3/h13-15,17H,6-12H2,1-5H3. The van der Waals surface area contributed by atoms with Crippen molar-refractivity contribution in [2.75, 3.05) is 45.9 Å². The quantitative estimate of drug-likeness (QED) is 0.682. The summed E-state index contributed by atoms with van der Waals surface area (Å²) >= 11 is 0. The van der Waals surface area contributed by atoms with Crippen molar-refractivity contribution in [2.45, 2.75) is 46.7 Å². The summed E-state index contributed by atoms with van der Waals surface area (Å²) in [6.45, 7) is 17.1. The van der Waals surface area contributed by atoms with E-state index >= 15 is 0 Å². The van der Waals surface area contributed by atoms with Gasteiger partial charge in [0.2, 0.25) is 0 Å². The molecule has 1 aliphatic rings. The van der Waals surface area contributed by atoms with Crippen molar-refractivity contribution in [3.63, 3.8) is 0 Å². The molecule has 0 amide bonds. The number of ether oxygens (including phenoxy) is 1. The van der Waals surface area contributed by atoms with Gasteiger partial charge < -0.3 is 15.0 Å². The molecule has 124 valence electrons. The maximum atomic E-state index is 12.0. The molecule has 0 spiro atoms. The number of esters is 1. The van der Waals surface area contributed by atoms with Crippen LogP contribution in [0.1, 0.15) is 34.6 Å². The number of nitrogens with one attached hydrogen (secondary N) is 1. The minimum absolute atomic E-state index is 0.129. The lowest BCUT2D eigenvalue weighted by Crippen LogP contribution is -2.54. The largest absolute Gasteiger partial charge is 0.465 e. The lowest BCUT2D eigenvalue weighted by molar-refractivity contribution is -0.146. The number of hydrogen-bond donors (Lipinski definition) is 1. The first-order valence-electron chi connectivity index (χ1n) is 8.29. The topological polar surface area (TPSA) is 44.8 Å². The Morgan fingerprint density at radius 1 is 1.05 bits per heavy atom. The number of piperazine rings is 1. The van der Waals surface area contributed by atoms with Crippen LogP contribution in [0.25, 0.3) is 0 Å². The van der Waals surface area contributed by atoms with Crippen molar-refractivity contribution in [3.05, 3.63) is 0 Å². The molecule has 21 heavy (non-hydrogen) atoms. The third kappa shape index (κ3) is 7.25. The smallest absolute Gasteiger partial charge is 0.324 e. The lowest BCUT2D eigenvalue weighted by atomic mass is 10.1. The third-order valence-corrected chi connectivity index (χ3v) is 3.63. The molecule has 0 bridgehead atoms. The van der Waals surface area contributed by atoms with Crippen molar-refractivity contribution >= 4 is 5.97 Å². The van der Waals surface area contributed by atoms with Gasteiger partial charge in [0.1, 0.15) is 6.04 Å². The second kappa shape index (κ2) is 9.38. The normalized spacial score (nSPS) is 19.2. The van der Waals surface area contributed by atoms with Gasteiger partial charge in [-0.1, -0.05) is 27.7 Å². The summed E-state index contributed by atoms with van der Waals surface area (Å²) in [5, 5.41) is 3.33. The van der Waals surface area contributed by atoms with Crippen molar-refractivity contribution in [3.8, 4) is 0 Å². The summed E-state index contributed by atoms with van der Waals surface area (Å²) in [6.07, 6.45) is 0. The first-order chi connectivity index (χ1) is 9.92. The van der Waals surface area contributed by atoms with E-state index < -0.39 is 0 Å². The Bertz CT molecular complexity index is 300. The van der Waals surface area contributed by atoms with Gasteiger partial charge in [-0.05, 0) is 12.8 Å². The first kappa shape index (κ1) is 18.4. The van der Waals surface area contributed by atoms with Crippen LogP contribution in [0.15, 0.2) is 0 Å². The number of nitrogens with zero attached hydrogens (tertiary/aromatic N) is 2. The summed E-state index contributed by atoms with van der Waals surface area (Å²) < 4.78 is 5.18.